The van der Waals surface area contributed by atoms with Gasteiger partial charge in [-0.15, -0.1) is 11.3 Å². The molecule has 1 aromatic heterocycles. The lowest BCUT2D eigenvalue weighted by Crippen LogP contribution is -2.40. The zero-order valence-electron chi connectivity index (χ0n) is 16.0. The lowest BCUT2D eigenvalue weighted by Gasteiger charge is -2.23. The standard InChI is InChI=1S/C18H22O9S/c1-5-23-18(22)12-6-7-28-17(12)16-15(26-11(4)21)14(25-10(3)20)13(27-16)8-24-9(2)19/h6-7,13-16H,5,8H2,1-4H3/t13-,14-,15-,16+/m1/s1. The van der Waals surface area contributed by atoms with Gasteiger partial charge in [0.15, 0.2) is 12.2 Å². The first-order valence-electron chi connectivity index (χ1n) is 8.62. The third-order valence-corrected chi connectivity index (χ3v) is 4.79. The Hall–Kier alpha value is -2.46. The highest BCUT2D eigenvalue weighted by atomic mass is 32.1. The van der Waals surface area contributed by atoms with Gasteiger partial charge in [0.05, 0.1) is 17.0 Å². The van der Waals surface area contributed by atoms with Gasteiger partial charge in [0, 0.05) is 20.8 Å². The van der Waals surface area contributed by atoms with Gasteiger partial charge in [0.1, 0.15) is 18.8 Å². The molecule has 0 amide bonds. The average Bonchev–Trinajstić information content (AvgIpc) is 3.18. The van der Waals surface area contributed by atoms with Crippen LogP contribution in [-0.4, -0.2) is 55.4 Å². The van der Waals surface area contributed by atoms with Gasteiger partial charge >= 0.3 is 23.9 Å². The monoisotopic (exact) mass is 414 g/mol. The van der Waals surface area contributed by atoms with Crippen LogP contribution in [0.5, 0.6) is 0 Å². The lowest BCUT2D eigenvalue weighted by molar-refractivity contribution is -0.165. The van der Waals surface area contributed by atoms with Crippen molar-refractivity contribution in [2.75, 3.05) is 13.2 Å². The molecule has 10 heteroatoms. The second kappa shape index (κ2) is 9.65. The van der Waals surface area contributed by atoms with Crippen LogP contribution in [0, 0.1) is 0 Å². The Bertz CT molecular complexity index is 741. The SMILES string of the molecule is CCOC(=O)c1ccsc1[C@H]1O[C@H](COC(C)=O)[C@@H](OC(C)=O)[C@H]1OC(C)=O. The third-order valence-electron chi connectivity index (χ3n) is 3.81. The molecule has 9 nitrogen and oxygen atoms in total. The zero-order chi connectivity index (χ0) is 20.8. The third kappa shape index (κ3) is 5.29. The highest BCUT2D eigenvalue weighted by Crippen LogP contribution is 2.41. The van der Waals surface area contributed by atoms with Crippen LogP contribution in [-0.2, 0) is 38.1 Å². The van der Waals surface area contributed by atoms with Crippen LogP contribution in [0.15, 0.2) is 11.4 Å². The van der Waals surface area contributed by atoms with Gasteiger partial charge in [-0.3, -0.25) is 14.4 Å². The second-order valence-corrected chi connectivity index (χ2v) is 6.91. The van der Waals surface area contributed by atoms with Crippen molar-refractivity contribution in [3.05, 3.63) is 21.9 Å². The largest absolute Gasteiger partial charge is 0.463 e. The van der Waals surface area contributed by atoms with Gasteiger partial charge in [0.2, 0.25) is 0 Å². The normalized spacial score (nSPS) is 23.7. The molecule has 0 N–H and O–H groups in total. The molecule has 1 saturated heterocycles. The Morgan fingerprint density at radius 3 is 2.21 bits per heavy atom. The van der Waals surface area contributed by atoms with Gasteiger partial charge in [-0.25, -0.2) is 4.79 Å². The van der Waals surface area contributed by atoms with Crippen molar-refractivity contribution in [3.63, 3.8) is 0 Å². The summed E-state index contributed by atoms with van der Waals surface area (Å²) in [6.07, 6.45) is -3.80. The molecular formula is C18H22O9S. The molecule has 0 spiro atoms. The Morgan fingerprint density at radius 2 is 1.64 bits per heavy atom. The fourth-order valence-corrected chi connectivity index (χ4v) is 3.80. The summed E-state index contributed by atoms with van der Waals surface area (Å²) in [5.74, 6) is -2.31. The van der Waals surface area contributed by atoms with E-state index in [0.717, 1.165) is 0 Å². The van der Waals surface area contributed by atoms with Crippen LogP contribution >= 0.6 is 11.3 Å². The van der Waals surface area contributed by atoms with E-state index in [1.807, 2.05) is 0 Å². The summed E-state index contributed by atoms with van der Waals surface area (Å²) in [5.41, 5.74) is 0.267. The predicted octanol–water partition coefficient (Wildman–Crippen LogP) is 1.79. The molecule has 1 aromatic rings. The summed E-state index contributed by atoms with van der Waals surface area (Å²) in [4.78, 5) is 47.1. The summed E-state index contributed by atoms with van der Waals surface area (Å²) in [7, 11) is 0. The molecule has 2 heterocycles. The van der Waals surface area contributed by atoms with E-state index in [0.29, 0.717) is 4.88 Å². The molecular weight excluding hydrogens is 392 g/mol. The summed E-state index contributed by atoms with van der Waals surface area (Å²) in [6, 6.07) is 1.58. The number of thiophene rings is 1. The molecule has 0 saturated carbocycles. The van der Waals surface area contributed by atoms with E-state index in [1.54, 1.807) is 18.4 Å². The minimum Gasteiger partial charge on any atom is -0.463 e. The van der Waals surface area contributed by atoms with Crippen molar-refractivity contribution < 1.29 is 42.9 Å². The van der Waals surface area contributed by atoms with Crippen molar-refractivity contribution in [1.29, 1.82) is 0 Å². The maximum atomic E-state index is 12.2. The van der Waals surface area contributed by atoms with E-state index < -0.39 is 48.3 Å². The van der Waals surface area contributed by atoms with E-state index >= 15 is 0 Å². The van der Waals surface area contributed by atoms with Crippen molar-refractivity contribution in [2.45, 2.75) is 52.1 Å². The number of hydrogen-bond acceptors (Lipinski definition) is 10. The smallest absolute Gasteiger partial charge is 0.339 e. The molecule has 0 aliphatic carbocycles. The summed E-state index contributed by atoms with van der Waals surface area (Å²) in [6.45, 7) is 5.32. The zero-order valence-corrected chi connectivity index (χ0v) is 16.8. The van der Waals surface area contributed by atoms with Gasteiger partial charge < -0.3 is 23.7 Å². The number of rotatable bonds is 7. The lowest BCUT2D eigenvalue weighted by atomic mass is 10.0. The van der Waals surface area contributed by atoms with Gasteiger partial charge in [-0.05, 0) is 18.4 Å². The summed E-state index contributed by atoms with van der Waals surface area (Å²) >= 11 is 1.21. The minimum absolute atomic E-state index is 0.193. The Kier molecular flexibility index (Phi) is 7.53. The Morgan fingerprint density at radius 1 is 1.00 bits per heavy atom. The number of esters is 4. The first-order valence-corrected chi connectivity index (χ1v) is 9.50. The highest BCUT2D eigenvalue weighted by Gasteiger charge is 2.51. The van der Waals surface area contributed by atoms with Crippen LogP contribution in [0.1, 0.15) is 49.0 Å². The van der Waals surface area contributed by atoms with Gasteiger partial charge in [-0.2, -0.15) is 0 Å². The van der Waals surface area contributed by atoms with Gasteiger partial charge in [-0.1, -0.05) is 0 Å². The van der Waals surface area contributed by atoms with Crippen molar-refractivity contribution in [1.82, 2.24) is 0 Å². The maximum absolute atomic E-state index is 12.2. The fourth-order valence-electron chi connectivity index (χ4n) is 2.85. The van der Waals surface area contributed by atoms with E-state index in [1.165, 1.54) is 32.1 Å². The van der Waals surface area contributed by atoms with Crippen LogP contribution in [0.2, 0.25) is 0 Å². The summed E-state index contributed by atoms with van der Waals surface area (Å²) in [5, 5.41) is 1.68. The van der Waals surface area contributed by atoms with Crippen LogP contribution in [0.25, 0.3) is 0 Å². The van der Waals surface area contributed by atoms with Crippen molar-refractivity contribution >= 4 is 35.2 Å². The number of carbonyl (C=O) groups is 4. The van der Waals surface area contributed by atoms with Crippen molar-refractivity contribution in [2.24, 2.45) is 0 Å². The molecule has 1 aliphatic heterocycles. The fraction of sp³-hybridized carbons (Fsp3) is 0.556. The minimum atomic E-state index is -1.02. The molecule has 0 aromatic carbocycles. The molecule has 0 unspecified atom stereocenters. The predicted molar refractivity (Wildman–Crippen MR) is 95.6 cm³/mol. The van der Waals surface area contributed by atoms with Gasteiger partial charge in [0.25, 0.3) is 0 Å². The Labute approximate surface area is 165 Å². The first kappa shape index (κ1) is 21.8. The van der Waals surface area contributed by atoms with Crippen LogP contribution < -0.4 is 0 Å². The number of carbonyl (C=O) groups excluding carboxylic acids is 4. The molecule has 0 radical (unpaired) electrons. The second-order valence-electron chi connectivity index (χ2n) is 5.96. The molecule has 0 bridgehead atoms. The molecule has 2 rings (SSSR count). The van der Waals surface area contributed by atoms with E-state index in [9.17, 15) is 19.2 Å². The molecule has 1 fully saturated rings. The molecule has 28 heavy (non-hydrogen) atoms. The summed E-state index contributed by atoms with van der Waals surface area (Å²) < 4.78 is 26.6. The van der Waals surface area contributed by atoms with E-state index in [4.69, 9.17) is 23.7 Å². The van der Waals surface area contributed by atoms with Crippen molar-refractivity contribution in [3.8, 4) is 0 Å². The van der Waals surface area contributed by atoms with E-state index in [2.05, 4.69) is 0 Å². The molecule has 4 atom stereocenters. The Balaban J connectivity index is 2.39. The first-order chi connectivity index (χ1) is 13.2. The molecule has 154 valence electrons. The van der Waals surface area contributed by atoms with Crippen LogP contribution in [0.4, 0.5) is 0 Å². The maximum Gasteiger partial charge on any atom is 0.339 e. The number of hydrogen-bond donors (Lipinski definition) is 0. The van der Waals surface area contributed by atoms with Crippen LogP contribution in [0.3, 0.4) is 0 Å². The van der Waals surface area contributed by atoms with E-state index in [-0.39, 0.29) is 18.8 Å². The molecule has 1 aliphatic rings. The highest BCUT2D eigenvalue weighted by molar-refractivity contribution is 7.10. The quantitative estimate of drug-likeness (QED) is 0.486. The number of ether oxygens (including phenoxy) is 5. The average molecular weight is 414 g/mol. The topological polar surface area (TPSA) is 114 Å².